The Morgan fingerprint density at radius 3 is 2.59 bits per heavy atom. The first-order valence-electron chi connectivity index (χ1n) is 11.9. The smallest absolute Gasteiger partial charge is 0.0461 e. The maximum Gasteiger partial charge on any atom is 0.0461 e. The first-order chi connectivity index (χ1) is 12.9. The summed E-state index contributed by atoms with van der Waals surface area (Å²) in [5.41, 5.74) is 1.85. The molecule has 0 radical (unpaired) electrons. The minimum atomic E-state index is 0.540. The lowest BCUT2D eigenvalue weighted by molar-refractivity contribution is 0.0843. The number of alkyl halides is 2. The van der Waals surface area contributed by atoms with Gasteiger partial charge in [-0.1, -0.05) is 103 Å². The van der Waals surface area contributed by atoms with Crippen molar-refractivity contribution in [2.45, 2.75) is 105 Å². The normalized spacial score (nSPS) is 45.0. The lowest BCUT2D eigenvalue weighted by Gasteiger charge is -2.56. The van der Waals surface area contributed by atoms with Crippen molar-refractivity contribution < 1.29 is 0 Å². The molecule has 0 saturated heterocycles. The topological polar surface area (TPSA) is 0 Å². The fourth-order valence-electron chi connectivity index (χ4n) is 7.67. The van der Waals surface area contributed by atoms with Crippen LogP contribution in [0.4, 0.5) is 0 Å². The van der Waals surface area contributed by atoms with Crippen LogP contribution in [0.3, 0.4) is 0 Å². The number of allylic oxidation sites excluding steroid dienone is 2. The third-order valence-corrected chi connectivity index (χ3v) is 13.2. The van der Waals surface area contributed by atoms with Crippen molar-refractivity contribution in [2.24, 2.45) is 35.5 Å². The van der Waals surface area contributed by atoms with Crippen LogP contribution in [0.2, 0.25) is 0 Å². The molecule has 0 bridgehead atoms. The van der Waals surface area contributed by atoms with Crippen LogP contribution in [0.1, 0.15) is 97.8 Å². The van der Waals surface area contributed by atoms with Crippen LogP contribution in [0.5, 0.6) is 0 Å². The van der Waals surface area contributed by atoms with Gasteiger partial charge in [0.05, 0.1) is 0 Å². The lowest BCUT2D eigenvalue weighted by Crippen LogP contribution is -2.53. The Labute approximate surface area is 195 Å². The van der Waals surface area contributed by atoms with Crippen LogP contribution in [-0.2, 0) is 0 Å². The number of halogens is 2. The van der Waals surface area contributed by atoms with Crippen molar-refractivity contribution in [3.05, 3.63) is 11.6 Å². The van der Waals surface area contributed by atoms with Crippen LogP contribution in [-0.4, -0.2) is 6.84 Å². The summed E-state index contributed by atoms with van der Waals surface area (Å²) in [7, 11) is 0. The Bertz CT molecular complexity index is 567. The molecular weight excluding hydrogens is 554 g/mol. The van der Waals surface area contributed by atoms with E-state index < -0.39 is 0 Å². The predicted octanol–water partition coefficient (Wildman–Crippen LogP) is 8.75. The molecule has 0 aliphatic heterocycles. The molecule has 4 aliphatic carbocycles. The Morgan fingerprint density at radius 2 is 1.81 bits per heavy atom. The molecule has 0 aromatic carbocycles. The van der Waals surface area contributed by atoms with Gasteiger partial charge in [-0.3, -0.25) is 0 Å². The van der Waals surface area contributed by atoms with E-state index in [1.54, 1.807) is 0 Å². The second kappa shape index (κ2) is 8.38. The minimum absolute atomic E-state index is 0.540. The number of fused-ring (bicyclic) bond motifs is 5. The van der Waals surface area contributed by atoms with E-state index in [2.05, 4.69) is 72.0 Å². The van der Waals surface area contributed by atoms with Gasteiger partial charge >= 0.3 is 0 Å². The summed E-state index contributed by atoms with van der Waals surface area (Å²) in [6.07, 6.45) is 20.3. The Hall–Kier alpha value is 1.20. The highest BCUT2D eigenvalue weighted by Crippen LogP contribution is 2.66. The van der Waals surface area contributed by atoms with Crippen LogP contribution < -0.4 is 0 Å². The standard InChI is InChI=1S/C25H40I2/c1-17(2)7-6-8-18(3)21-12-13-22-20-11-10-19-9-4-5-15-24(19,26)23(20)14-16-25(21,22)27/h10,17-18,20-23H,4-9,11-16H2,1-3H3. The van der Waals surface area contributed by atoms with E-state index in [0.717, 1.165) is 35.5 Å². The van der Waals surface area contributed by atoms with Gasteiger partial charge in [0.25, 0.3) is 0 Å². The first-order valence-corrected chi connectivity index (χ1v) is 14.1. The molecule has 0 spiro atoms. The first kappa shape index (κ1) is 21.4. The molecule has 7 atom stereocenters. The number of hydrogen-bond acceptors (Lipinski definition) is 0. The molecule has 0 N–H and O–H groups in total. The van der Waals surface area contributed by atoms with Crippen molar-refractivity contribution in [1.29, 1.82) is 0 Å². The van der Waals surface area contributed by atoms with Gasteiger partial charge in [0, 0.05) is 6.84 Å². The van der Waals surface area contributed by atoms with E-state index in [1.165, 1.54) is 77.0 Å². The molecule has 0 nitrogen and oxygen atoms in total. The highest BCUT2D eigenvalue weighted by molar-refractivity contribution is 14.1. The second-order valence-electron chi connectivity index (χ2n) is 10.9. The zero-order valence-corrected chi connectivity index (χ0v) is 22.1. The van der Waals surface area contributed by atoms with Crippen LogP contribution in [0.25, 0.3) is 0 Å². The highest BCUT2D eigenvalue weighted by atomic mass is 127. The molecule has 154 valence electrons. The van der Waals surface area contributed by atoms with Crippen LogP contribution in [0, 0.1) is 35.5 Å². The molecule has 0 aromatic heterocycles. The van der Waals surface area contributed by atoms with Crippen molar-refractivity contribution in [1.82, 2.24) is 0 Å². The third-order valence-electron chi connectivity index (χ3n) is 9.02. The molecule has 4 rings (SSSR count). The van der Waals surface area contributed by atoms with Gasteiger partial charge in [0.15, 0.2) is 0 Å². The van der Waals surface area contributed by atoms with Crippen molar-refractivity contribution in [3.8, 4) is 0 Å². The van der Waals surface area contributed by atoms with E-state index in [4.69, 9.17) is 0 Å². The average molecular weight is 594 g/mol. The third kappa shape index (κ3) is 3.82. The molecule has 0 heterocycles. The second-order valence-corrected chi connectivity index (χ2v) is 14.8. The lowest BCUT2D eigenvalue weighted by atomic mass is 9.56. The summed E-state index contributed by atoms with van der Waals surface area (Å²) in [4.78, 5) is 0. The van der Waals surface area contributed by atoms with Crippen molar-refractivity contribution in [3.63, 3.8) is 0 Å². The van der Waals surface area contributed by atoms with Gasteiger partial charge in [-0.15, -0.1) is 0 Å². The molecule has 7 unspecified atom stereocenters. The van der Waals surface area contributed by atoms with E-state index in [1.807, 2.05) is 5.57 Å². The summed E-state index contributed by atoms with van der Waals surface area (Å²) >= 11 is 5.94. The van der Waals surface area contributed by atoms with Gasteiger partial charge in [0.1, 0.15) is 0 Å². The van der Waals surface area contributed by atoms with Gasteiger partial charge < -0.3 is 0 Å². The number of rotatable bonds is 5. The summed E-state index contributed by atoms with van der Waals surface area (Å²) in [6, 6.07) is 0. The Morgan fingerprint density at radius 1 is 1.00 bits per heavy atom. The molecule has 27 heavy (non-hydrogen) atoms. The van der Waals surface area contributed by atoms with E-state index in [9.17, 15) is 0 Å². The van der Waals surface area contributed by atoms with Gasteiger partial charge in [-0.05, 0) is 86.9 Å². The predicted molar refractivity (Wildman–Crippen MR) is 135 cm³/mol. The summed E-state index contributed by atoms with van der Waals surface area (Å²) in [5, 5.41) is 0. The maximum absolute atomic E-state index is 3.00. The van der Waals surface area contributed by atoms with Crippen LogP contribution >= 0.6 is 45.2 Å². The Kier molecular flexibility index (Phi) is 6.65. The maximum atomic E-state index is 3.00. The van der Waals surface area contributed by atoms with Crippen molar-refractivity contribution >= 4 is 45.2 Å². The molecule has 4 aliphatic rings. The largest absolute Gasteiger partial charge is 0.0837 e. The molecule has 0 aromatic rings. The van der Waals surface area contributed by atoms with E-state index in [0.29, 0.717) is 6.84 Å². The average Bonchev–Trinajstić information content (AvgIpc) is 2.98. The molecular formula is C25H40I2. The molecule has 2 heteroatoms. The SMILES string of the molecule is CC(C)CCCC(C)C1CCC2C3CC=C4CCCCC4(I)C3CCC12I. The number of hydrogen-bond donors (Lipinski definition) is 0. The molecule has 0 amide bonds. The zero-order chi connectivity index (χ0) is 19.2. The van der Waals surface area contributed by atoms with E-state index in [-0.39, 0.29) is 0 Å². The molecule has 3 saturated carbocycles. The van der Waals surface area contributed by atoms with Crippen molar-refractivity contribution in [2.75, 3.05) is 0 Å². The monoisotopic (exact) mass is 594 g/mol. The summed E-state index contributed by atoms with van der Waals surface area (Å²) < 4.78 is 1.15. The fourth-order valence-corrected chi connectivity index (χ4v) is 11.3. The van der Waals surface area contributed by atoms with Crippen LogP contribution in [0.15, 0.2) is 11.6 Å². The molecule has 3 fully saturated rings. The summed E-state index contributed by atoms with van der Waals surface area (Å²) in [6.45, 7) is 7.36. The minimum Gasteiger partial charge on any atom is -0.0837 e. The fraction of sp³-hybridized carbons (Fsp3) is 0.920. The van der Waals surface area contributed by atoms with Gasteiger partial charge in [0.2, 0.25) is 0 Å². The highest BCUT2D eigenvalue weighted by Gasteiger charge is 2.60. The van der Waals surface area contributed by atoms with Gasteiger partial charge in [-0.2, -0.15) is 0 Å². The quantitative estimate of drug-likeness (QED) is 0.170. The Balaban J connectivity index is 1.49. The van der Waals surface area contributed by atoms with Gasteiger partial charge in [-0.25, -0.2) is 0 Å². The van der Waals surface area contributed by atoms with E-state index >= 15 is 0 Å². The summed E-state index contributed by atoms with van der Waals surface area (Å²) in [5.74, 6) is 5.76. The zero-order valence-electron chi connectivity index (χ0n) is 17.8.